The fraction of sp³-hybridized carbons (Fsp3) is 1.00. The van der Waals surface area contributed by atoms with Gasteiger partial charge in [-0.2, -0.15) is 0 Å². The zero-order chi connectivity index (χ0) is 9.71. The Morgan fingerprint density at radius 2 is 1.50 bits per heavy atom. The highest BCUT2D eigenvalue weighted by Crippen LogP contribution is 2.58. The van der Waals surface area contributed by atoms with Crippen LogP contribution in [0, 0.1) is 29.6 Å². The molecule has 1 atom stereocenters. The summed E-state index contributed by atoms with van der Waals surface area (Å²) in [6.45, 7) is 2.25. The standard InChI is InChI=1S/C13H21Cl/c1-2-12(14)13-10-4-8-3-9(6-10)7-11(13)5-8/h8-13H,2-7H2,1H3. The molecule has 4 bridgehead atoms. The largest absolute Gasteiger partial charge is 0.123 e. The third kappa shape index (κ3) is 1.33. The number of halogens is 1. The van der Waals surface area contributed by atoms with Gasteiger partial charge in [0.2, 0.25) is 0 Å². The summed E-state index contributed by atoms with van der Waals surface area (Å²) in [5.41, 5.74) is 0. The van der Waals surface area contributed by atoms with E-state index in [1.54, 1.807) is 6.42 Å². The highest BCUT2D eigenvalue weighted by molar-refractivity contribution is 6.20. The first kappa shape index (κ1) is 9.51. The minimum absolute atomic E-state index is 0.477. The molecule has 1 heteroatoms. The van der Waals surface area contributed by atoms with Crippen LogP contribution in [-0.4, -0.2) is 5.38 Å². The molecule has 4 aliphatic carbocycles. The van der Waals surface area contributed by atoms with Crippen molar-refractivity contribution >= 4 is 11.6 Å². The Labute approximate surface area is 92.4 Å². The van der Waals surface area contributed by atoms with Crippen molar-refractivity contribution in [3.8, 4) is 0 Å². The Kier molecular flexibility index (Phi) is 2.31. The van der Waals surface area contributed by atoms with Crippen LogP contribution in [0.4, 0.5) is 0 Å². The van der Waals surface area contributed by atoms with Crippen LogP contribution >= 0.6 is 11.6 Å². The van der Waals surface area contributed by atoms with E-state index in [1.807, 2.05) is 0 Å². The molecule has 0 heterocycles. The Hall–Kier alpha value is 0.290. The topological polar surface area (TPSA) is 0 Å². The molecule has 0 N–H and O–H groups in total. The van der Waals surface area contributed by atoms with E-state index in [9.17, 15) is 0 Å². The van der Waals surface area contributed by atoms with Crippen LogP contribution in [0.25, 0.3) is 0 Å². The summed E-state index contributed by atoms with van der Waals surface area (Å²) < 4.78 is 0. The number of rotatable bonds is 2. The summed E-state index contributed by atoms with van der Waals surface area (Å²) in [6, 6.07) is 0. The van der Waals surface area contributed by atoms with Crippen LogP contribution in [0.5, 0.6) is 0 Å². The lowest BCUT2D eigenvalue weighted by atomic mass is 9.51. The quantitative estimate of drug-likeness (QED) is 0.606. The van der Waals surface area contributed by atoms with E-state index in [-0.39, 0.29) is 0 Å². The molecule has 0 saturated heterocycles. The lowest BCUT2D eigenvalue weighted by Gasteiger charge is -2.55. The molecule has 0 aliphatic heterocycles. The smallest absolute Gasteiger partial charge is 0.0366 e. The molecular weight excluding hydrogens is 192 g/mol. The van der Waals surface area contributed by atoms with Gasteiger partial charge in [-0.3, -0.25) is 0 Å². The van der Waals surface area contributed by atoms with Crippen molar-refractivity contribution in [3.63, 3.8) is 0 Å². The van der Waals surface area contributed by atoms with Crippen molar-refractivity contribution in [2.45, 2.75) is 50.8 Å². The van der Waals surface area contributed by atoms with Gasteiger partial charge in [0.05, 0.1) is 0 Å². The van der Waals surface area contributed by atoms with Crippen LogP contribution in [0.15, 0.2) is 0 Å². The first-order valence-corrected chi connectivity index (χ1v) is 6.85. The Bertz CT molecular complexity index is 195. The molecule has 80 valence electrons. The first-order chi connectivity index (χ1) is 6.78. The Balaban J connectivity index is 1.81. The van der Waals surface area contributed by atoms with Crippen LogP contribution in [0.3, 0.4) is 0 Å². The fourth-order valence-corrected chi connectivity index (χ4v) is 5.24. The van der Waals surface area contributed by atoms with Crippen LogP contribution in [0.1, 0.15) is 45.4 Å². The van der Waals surface area contributed by atoms with Crippen molar-refractivity contribution in [1.29, 1.82) is 0 Å². The second kappa shape index (κ2) is 3.40. The fourth-order valence-electron chi connectivity index (χ4n) is 4.83. The molecule has 0 nitrogen and oxygen atoms in total. The molecule has 0 radical (unpaired) electrons. The summed E-state index contributed by atoms with van der Waals surface area (Å²) >= 11 is 6.51. The zero-order valence-corrected chi connectivity index (χ0v) is 9.84. The molecule has 0 amide bonds. The van der Waals surface area contributed by atoms with Gasteiger partial charge in [0, 0.05) is 5.38 Å². The predicted octanol–water partition coefficient (Wildman–Crippen LogP) is 4.08. The van der Waals surface area contributed by atoms with Gasteiger partial charge < -0.3 is 0 Å². The maximum absolute atomic E-state index is 6.51. The van der Waals surface area contributed by atoms with E-state index in [0.717, 1.165) is 29.6 Å². The van der Waals surface area contributed by atoms with Crippen molar-refractivity contribution in [3.05, 3.63) is 0 Å². The third-order valence-corrected chi connectivity index (χ3v) is 5.71. The lowest BCUT2D eigenvalue weighted by molar-refractivity contribution is -0.0380. The number of alkyl halides is 1. The molecule has 4 saturated carbocycles. The lowest BCUT2D eigenvalue weighted by Crippen LogP contribution is -2.48. The van der Waals surface area contributed by atoms with E-state index < -0.39 is 0 Å². The molecular formula is C13H21Cl. The Morgan fingerprint density at radius 1 is 1.00 bits per heavy atom. The van der Waals surface area contributed by atoms with E-state index in [2.05, 4.69) is 6.92 Å². The van der Waals surface area contributed by atoms with Gasteiger partial charge in [0.25, 0.3) is 0 Å². The average Bonchev–Trinajstić information content (AvgIpc) is 2.15. The summed E-state index contributed by atoms with van der Waals surface area (Å²) in [7, 11) is 0. The SMILES string of the molecule is CCC(Cl)C1C2CC3CC(C2)CC1C3. The van der Waals surface area contributed by atoms with Crippen molar-refractivity contribution in [1.82, 2.24) is 0 Å². The second-order valence-corrected chi connectivity index (χ2v) is 6.49. The number of hydrogen-bond donors (Lipinski definition) is 0. The monoisotopic (exact) mass is 212 g/mol. The normalized spacial score (nSPS) is 52.3. The van der Waals surface area contributed by atoms with E-state index in [1.165, 1.54) is 32.1 Å². The van der Waals surface area contributed by atoms with Crippen molar-refractivity contribution < 1.29 is 0 Å². The summed E-state index contributed by atoms with van der Waals surface area (Å²) in [6.07, 6.45) is 8.79. The van der Waals surface area contributed by atoms with Gasteiger partial charge in [-0.1, -0.05) is 6.92 Å². The summed E-state index contributed by atoms with van der Waals surface area (Å²) in [5, 5.41) is 0.477. The number of hydrogen-bond acceptors (Lipinski definition) is 0. The molecule has 0 aromatic heterocycles. The molecule has 0 aromatic rings. The van der Waals surface area contributed by atoms with E-state index >= 15 is 0 Å². The maximum Gasteiger partial charge on any atom is 0.0366 e. The molecule has 0 spiro atoms. The Morgan fingerprint density at radius 3 is 1.93 bits per heavy atom. The van der Waals surface area contributed by atoms with E-state index in [4.69, 9.17) is 11.6 Å². The van der Waals surface area contributed by atoms with Gasteiger partial charge in [0.15, 0.2) is 0 Å². The minimum Gasteiger partial charge on any atom is -0.123 e. The van der Waals surface area contributed by atoms with Crippen molar-refractivity contribution in [2.75, 3.05) is 0 Å². The van der Waals surface area contributed by atoms with Gasteiger partial charge in [-0.15, -0.1) is 11.6 Å². The maximum atomic E-state index is 6.51. The molecule has 4 rings (SSSR count). The molecule has 4 fully saturated rings. The average molecular weight is 213 g/mol. The second-order valence-electron chi connectivity index (χ2n) is 5.93. The van der Waals surface area contributed by atoms with Gasteiger partial charge in [-0.25, -0.2) is 0 Å². The highest BCUT2D eigenvalue weighted by Gasteiger charge is 2.49. The highest BCUT2D eigenvalue weighted by atomic mass is 35.5. The van der Waals surface area contributed by atoms with Gasteiger partial charge >= 0.3 is 0 Å². The molecule has 1 unspecified atom stereocenters. The summed E-state index contributed by atoms with van der Waals surface area (Å²) in [4.78, 5) is 0. The van der Waals surface area contributed by atoms with Gasteiger partial charge in [0.1, 0.15) is 0 Å². The van der Waals surface area contributed by atoms with Crippen molar-refractivity contribution in [2.24, 2.45) is 29.6 Å². The third-order valence-electron chi connectivity index (χ3n) is 5.11. The molecule has 4 aliphatic rings. The van der Waals surface area contributed by atoms with Gasteiger partial charge in [-0.05, 0) is 68.1 Å². The minimum atomic E-state index is 0.477. The van der Waals surface area contributed by atoms with Crippen LogP contribution in [-0.2, 0) is 0 Å². The van der Waals surface area contributed by atoms with Crippen LogP contribution < -0.4 is 0 Å². The molecule has 14 heavy (non-hydrogen) atoms. The first-order valence-electron chi connectivity index (χ1n) is 6.42. The molecule has 0 aromatic carbocycles. The zero-order valence-electron chi connectivity index (χ0n) is 9.08. The van der Waals surface area contributed by atoms with Crippen LogP contribution in [0.2, 0.25) is 0 Å². The predicted molar refractivity (Wildman–Crippen MR) is 60.5 cm³/mol. The summed E-state index contributed by atoms with van der Waals surface area (Å²) in [5.74, 6) is 5.08. The van der Waals surface area contributed by atoms with E-state index in [0.29, 0.717) is 5.38 Å².